The van der Waals surface area contributed by atoms with Crippen LogP contribution in [0.5, 0.6) is 0 Å². The molecule has 0 unspecified atom stereocenters. The molecule has 0 aromatic carbocycles. The van der Waals surface area contributed by atoms with E-state index in [0.717, 1.165) is 18.7 Å². The molecule has 0 atom stereocenters. The molecule has 1 aromatic heterocycles. The van der Waals surface area contributed by atoms with Gasteiger partial charge in [-0.1, -0.05) is 5.21 Å². The molecule has 12 heavy (non-hydrogen) atoms. The third-order valence-electron chi connectivity index (χ3n) is 2.24. The lowest BCUT2D eigenvalue weighted by molar-refractivity contribution is 0.371. The van der Waals surface area contributed by atoms with Gasteiger partial charge in [-0.3, -0.25) is 0 Å². The predicted octanol–water partition coefficient (Wildman–Crippen LogP) is -0.283. The Morgan fingerprint density at radius 2 is 2.42 bits per heavy atom. The lowest BCUT2D eigenvalue weighted by Gasteiger charge is -2.33. The normalized spacial score (nSPS) is 28.2. The van der Waals surface area contributed by atoms with Gasteiger partial charge in [0.1, 0.15) is 5.82 Å². The van der Waals surface area contributed by atoms with Crippen molar-refractivity contribution in [3.63, 3.8) is 0 Å². The minimum atomic E-state index is 0.378. The number of nitrogens with zero attached hydrogens (tertiary/aromatic N) is 3. The Bertz CT molecular complexity index is 263. The highest BCUT2D eigenvalue weighted by atomic mass is 15.4. The van der Waals surface area contributed by atoms with Crippen molar-refractivity contribution in [1.29, 1.82) is 0 Å². The molecule has 0 aliphatic heterocycles. The van der Waals surface area contributed by atoms with Gasteiger partial charge in [-0.25, -0.2) is 4.68 Å². The van der Waals surface area contributed by atoms with E-state index in [1.807, 2.05) is 7.05 Å². The van der Waals surface area contributed by atoms with Crippen LogP contribution in [0.1, 0.15) is 12.8 Å². The zero-order chi connectivity index (χ0) is 8.55. The fraction of sp³-hybridized carbons (Fsp3) is 0.714. The highest BCUT2D eigenvalue weighted by molar-refractivity contribution is 5.33. The molecule has 0 amide bonds. The van der Waals surface area contributed by atoms with Crippen molar-refractivity contribution >= 4 is 5.82 Å². The Morgan fingerprint density at radius 3 is 2.92 bits per heavy atom. The van der Waals surface area contributed by atoms with Gasteiger partial charge < -0.3 is 11.1 Å². The van der Waals surface area contributed by atoms with Gasteiger partial charge >= 0.3 is 0 Å². The minimum absolute atomic E-state index is 0.378. The molecule has 0 bridgehead atoms. The zero-order valence-electron chi connectivity index (χ0n) is 7.07. The van der Waals surface area contributed by atoms with E-state index >= 15 is 0 Å². The molecule has 5 heteroatoms. The van der Waals surface area contributed by atoms with E-state index in [-0.39, 0.29) is 0 Å². The van der Waals surface area contributed by atoms with Crippen LogP contribution in [0.15, 0.2) is 6.20 Å². The first kappa shape index (κ1) is 7.54. The smallest absolute Gasteiger partial charge is 0.144 e. The van der Waals surface area contributed by atoms with Crippen LogP contribution in [0, 0.1) is 0 Å². The summed E-state index contributed by atoms with van der Waals surface area (Å²) in [5, 5.41) is 10.9. The Hall–Kier alpha value is -1.10. The molecule has 2 rings (SSSR count). The monoisotopic (exact) mass is 167 g/mol. The number of nitrogens with one attached hydrogen (secondary N) is 1. The number of hydrogen-bond acceptors (Lipinski definition) is 4. The highest BCUT2D eigenvalue weighted by Crippen LogP contribution is 2.21. The second-order valence-electron chi connectivity index (χ2n) is 3.32. The summed E-state index contributed by atoms with van der Waals surface area (Å²) in [4.78, 5) is 0. The van der Waals surface area contributed by atoms with E-state index in [2.05, 4.69) is 15.6 Å². The SMILES string of the molecule is Cn1nncc1NC1CC(N)C1. The van der Waals surface area contributed by atoms with E-state index in [9.17, 15) is 0 Å². The van der Waals surface area contributed by atoms with E-state index in [4.69, 9.17) is 5.73 Å². The third kappa shape index (κ3) is 1.27. The average Bonchev–Trinajstić information content (AvgIpc) is 2.33. The molecular weight excluding hydrogens is 154 g/mol. The number of hydrogen-bond donors (Lipinski definition) is 2. The standard InChI is InChI=1S/C7H13N5/c1-12-7(4-9-11-12)10-6-2-5(8)3-6/h4-6,10H,2-3,8H2,1H3. The van der Waals surface area contributed by atoms with Crippen LogP contribution >= 0.6 is 0 Å². The zero-order valence-corrected chi connectivity index (χ0v) is 7.07. The van der Waals surface area contributed by atoms with Crippen LogP contribution in [-0.2, 0) is 7.05 Å². The Labute approximate surface area is 70.9 Å². The molecule has 1 aliphatic carbocycles. The number of aromatic nitrogens is 3. The van der Waals surface area contributed by atoms with Gasteiger partial charge in [0, 0.05) is 19.1 Å². The number of aryl methyl sites for hydroxylation is 1. The van der Waals surface area contributed by atoms with Gasteiger partial charge in [-0.15, -0.1) is 5.10 Å². The molecular formula is C7H13N5. The maximum atomic E-state index is 5.66. The van der Waals surface area contributed by atoms with Crippen molar-refractivity contribution in [1.82, 2.24) is 15.0 Å². The Kier molecular flexibility index (Phi) is 1.73. The largest absolute Gasteiger partial charge is 0.366 e. The molecule has 1 aliphatic rings. The summed E-state index contributed by atoms with van der Waals surface area (Å²) in [5.41, 5.74) is 5.66. The highest BCUT2D eigenvalue weighted by Gasteiger charge is 2.26. The van der Waals surface area contributed by atoms with E-state index in [0.29, 0.717) is 12.1 Å². The van der Waals surface area contributed by atoms with Crippen molar-refractivity contribution in [3.05, 3.63) is 6.20 Å². The maximum Gasteiger partial charge on any atom is 0.144 e. The summed E-state index contributed by atoms with van der Waals surface area (Å²) in [5.74, 6) is 0.965. The van der Waals surface area contributed by atoms with Crippen molar-refractivity contribution < 1.29 is 0 Å². The molecule has 1 saturated carbocycles. The third-order valence-corrected chi connectivity index (χ3v) is 2.24. The van der Waals surface area contributed by atoms with E-state index < -0.39 is 0 Å². The fourth-order valence-corrected chi connectivity index (χ4v) is 1.41. The summed E-state index contributed by atoms with van der Waals surface area (Å²) in [6.45, 7) is 0. The van der Waals surface area contributed by atoms with E-state index in [1.165, 1.54) is 0 Å². The van der Waals surface area contributed by atoms with Crippen molar-refractivity contribution in [2.75, 3.05) is 5.32 Å². The van der Waals surface area contributed by atoms with Gasteiger partial charge in [0.05, 0.1) is 6.20 Å². The van der Waals surface area contributed by atoms with Crippen LogP contribution in [0.2, 0.25) is 0 Å². The molecule has 1 fully saturated rings. The first-order chi connectivity index (χ1) is 5.75. The van der Waals surface area contributed by atoms with Crippen LogP contribution in [0.3, 0.4) is 0 Å². The first-order valence-electron chi connectivity index (χ1n) is 4.12. The molecule has 3 N–H and O–H groups in total. The van der Waals surface area contributed by atoms with Crippen LogP contribution < -0.4 is 11.1 Å². The molecule has 0 saturated heterocycles. The quantitative estimate of drug-likeness (QED) is 0.635. The summed E-state index contributed by atoms with van der Waals surface area (Å²) >= 11 is 0. The summed E-state index contributed by atoms with van der Waals surface area (Å²) in [6, 6.07) is 0.890. The molecule has 0 spiro atoms. The average molecular weight is 167 g/mol. The lowest BCUT2D eigenvalue weighted by Crippen LogP contribution is -2.44. The minimum Gasteiger partial charge on any atom is -0.366 e. The predicted molar refractivity (Wildman–Crippen MR) is 45.6 cm³/mol. The molecule has 0 radical (unpaired) electrons. The Balaban J connectivity index is 1.92. The van der Waals surface area contributed by atoms with Gasteiger partial charge in [-0.05, 0) is 12.8 Å². The van der Waals surface area contributed by atoms with E-state index in [1.54, 1.807) is 10.9 Å². The van der Waals surface area contributed by atoms with Crippen molar-refractivity contribution in [2.24, 2.45) is 12.8 Å². The molecule has 5 nitrogen and oxygen atoms in total. The molecule has 1 heterocycles. The second kappa shape index (κ2) is 2.75. The first-order valence-corrected chi connectivity index (χ1v) is 4.12. The number of rotatable bonds is 2. The lowest BCUT2D eigenvalue weighted by atomic mass is 9.88. The van der Waals surface area contributed by atoms with Gasteiger partial charge in [-0.2, -0.15) is 0 Å². The number of nitrogens with two attached hydrogens (primary N) is 1. The number of anilines is 1. The maximum absolute atomic E-state index is 5.66. The van der Waals surface area contributed by atoms with Crippen LogP contribution in [0.25, 0.3) is 0 Å². The van der Waals surface area contributed by atoms with Gasteiger partial charge in [0.25, 0.3) is 0 Å². The van der Waals surface area contributed by atoms with Crippen LogP contribution in [-0.4, -0.2) is 27.1 Å². The molecule has 1 aromatic rings. The molecule has 66 valence electrons. The van der Waals surface area contributed by atoms with Gasteiger partial charge in [0.2, 0.25) is 0 Å². The fourth-order valence-electron chi connectivity index (χ4n) is 1.41. The second-order valence-corrected chi connectivity index (χ2v) is 3.32. The van der Waals surface area contributed by atoms with Gasteiger partial charge in [0.15, 0.2) is 0 Å². The Morgan fingerprint density at radius 1 is 1.67 bits per heavy atom. The van der Waals surface area contributed by atoms with Crippen molar-refractivity contribution in [3.8, 4) is 0 Å². The summed E-state index contributed by atoms with van der Waals surface area (Å²) < 4.78 is 1.73. The van der Waals surface area contributed by atoms with Crippen LogP contribution in [0.4, 0.5) is 5.82 Å². The summed E-state index contributed by atoms with van der Waals surface area (Å²) in [6.07, 6.45) is 3.82. The summed E-state index contributed by atoms with van der Waals surface area (Å²) in [7, 11) is 1.87. The van der Waals surface area contributed by atoms with Crippen molar-refractivity contribution in [2.45, 2.75) is 24.9 Å². The topological polar surface area (TPSA) is 68.8 Å².